The standard InChI is InChI=1S/C23H26FN/c1-2-15-3-4-17-12-18(6-5-16(17)11-15)19-9-10-22-20(13-19)7-8-21(14-25)23(22)24/h7-10,13,15-18H,2-6,11-12H2,1H3/t15-,16?,17-,18?/m1/s1. The summed E-state index contributed by atoms with van der Waals surface area (Å²) in [6, 6.07) is 11.5. The summed E-state index contributed by atoms with van der Waals surface area (Å²) < 4.78 is 14.3. The molecule has 2 aliphatic rings. The summed E-state index contributed by atoms with van der Waals surface area (Å²) in [5.41, 5.74) is 1.49. The van der Waals surface area contributed by atoms with E-state index >= 15 is 0 Å². The molecule has 4 rings (SSSR count). The summed E-state index contributed by atoms with van der Waals surface area (Å²) in [5, 5.41) is 10.5. The third kappa shape index (κ3) is 3.06. The minimum atomic E-state index is -0.381. The molecule has 0 aromatic heterocycles. The summed E-state index contributed by atoms with van der Waals surface area (Å²) in [7, 11) is 0. The Bertz CT molecular complexity index is 819. The third-order valence-corrected chi connectivity index (χ3v) is 6.87. The van der Waals surface area contributed by atoms with Gasteiger partial charge >= 0.3 is 0 Å². The van der Waals surface area contributed by atoms with Gasteiger partial charge < -0.3 is 0 Å². The lowest BCUT2D eigenvalue weighted by atomic mass is 9.63. The van der Waals surface area contributed by atoms with Gasteiger partial charge in [0.1, 0.15) is 11.9 Å². The van der Waals surface area contributed by atoms with E-state index in [1.165, 1.54) is 50.5 Å². The number of hydrogen-bond acceptors (Lipinski definition) is 1. The van der Waals surface area contributed by atoms with Crippen molar-refractivity contribution in [2.75, 3.05) is 0 Å². The molecule has 2 aromatic rings. The first-order valence-corrected chi connectivity index (χ1v) is 9.81. The van der Waals surface area contributed by atoms with E-state index in [4.69, 9.17) is 5.26 Å². The molecule has 4 atom stereocenters. The molecule has 2 saturated carbocycles. The second-order valence-electron chi connectivity index (χ2n) is 8.14. The quantitative estimate of drug-likeness (QED) is 0.609. The van der Waals surface area contributed by atoms with Crippen LogP contribution >= 0.6 is 0 Å². The van der Waals surface area contributed by atoms with Crippen molar-refractivity contribution in [1.29, 1.82) is 5.26 Å². The maximum Gasteiger partial charge on any atom is 0.148 e. The van der Waals surface area contributed by atoms with Gasteiger partial charge in [0.15, 0.2) is 0 Å². The molecular weight excluding hydrogens is 309 g/mol. The molecule has 0 spiro atoms. The van der Waals surface area contributed by atoms with Crippen molar-refractivity contribution >= 4 is 10.8 Å². The minimum Gasteiger partial charge on any atom is -0.205 e. The van der Waals surface area contributed by atoms with Crippen molar-refractivity contribution in [2.45, 2.75) is 57.8 Å². The Morgan fingerprint density at radius 3 is 2.64 bits per heavy atom. The fraction of sp³-hybridized carbons (Fsp3) is 0.522. The average Bonchev–Trinajstić information content (AvgIpc) is 2.67. The topological polar surface area (TPSA) is 23.8 Å². The van der Waals surface area contributed by atoms with Gasteiger partial charge in [0.2, 0.25) is 0 Å². The monoisotopic (exact) mass is 335 g/mol. The van der Waals surface area contributed by atoms with Crippen LogP contribution in [0.5, 0.6) is 0 Å². The van der Waals surface area contributed by atoms with Crippen LogP contribution in [0.3, 0.4) is 0 Å². The Morgan fingerprint density at radius 2 is 1.84 bits per heavy atom. The highest BCUT2D eigenvalue weighted by Crippen LogP contribution is 2.48. The Hall–Kier alpha value is -1.88. The lowest BCUT2D eigenvalue weighted by Gasteiger charge is -2.42. The first-order chi connectivity index (χ1) is 12.2. The SMILES string of the molecule is CC[C@@H]1CC[C@@H]2CC(c3ccc4c(F)c(C#N)ccc4c3)CCC2C1. The molecular formula is C23H26FN. The second-order valence-corrected chi connectivity index (χ2v) is 8.14. The zero-order valence-electron chi connectivity index (χ0n) is 15.0. The van der Waals surface area contributed by atoms with Crippen LogP contribution in [0.1, 0.15) is 68.9 Å². The van der Waals surface area contributed by atoms with E-state index in [0.717, 1.165) is 23.1 Å². The number of benzene rings is 2. The zero-order chi connectivity index (χ0) is 17.4. The zero-order valence-corrected chi connectivity index (χ0v) is 15.0. The molecule has 0 radical (unpaired) electrons. The number of hydrogen-bond donors (Lipinski definition) is 0. The first-order valence-electron chi connectivity index (χ1n) is 9.81. The number of nitriles is 1. The summed E-state index contributed by atoms with van der Waals surface area (Å²) in [6.07, 6.45) is 9.50. The van der Waals surface area contributed by atoms with Crippen molar-refractivity contribution in [1.82, 2.24) is 0 Å². The van der Waals surface area contributed by atoms with Crippen LogP contribution in [-0.2, 0) is 0 Å². The first kappa shape index (κ1) is 16.6. The molecule has 0 aliphatic heterocycles. The Labute approximate surface area is 149 Å². The van der Waals surface area contributed by atoms with Crippen molar-refractivity contribution in [2.24, 2.45) is 17.8 Å². The van der Waals surface area contributed by atoms with E-state index in [9.17, 15) is 4.39 Å². The summed E-state index contributed by atoms with van der Waals surface area (Å²) in [5.74, 6) is 3.01. The largest absolute Gasteiger partial charge is 0.205 e. The molecule has 2 unspecified atom stereocenters. The van der Waals surface area contributed by atoms with Gasteiger partial charge in [-0.05, 0) is 72.8 Å². The van der Waals surface area contributed by atoms with E-state index < -0.39 is 0 Å². The molecule has 2 aromatic carbocycles. The van der Waals surface area contributed by atoms with E-state index in [0.29, 0.717) is 11.3 Å². The van der Waals surface area contributed by atoms with Crippen LogP contribution in [0, 0.1) is 34.9 Å². The number of fused-ring (bicyclic) bond motifs is 2. The van der Waals surface area contributed by atoms with Gasteiger partial charge in [-0.25, -0.2) is 4.39 Å². The lowest BCUT2D eigenvalue weighted by molar-refractivity contribution is 0.116. The van der Waals surface area contributed by atoms with Crippen LogP contribution in [0.2, 0.25) is 0 Å². The molecule has 1 nitrogen and oxygen atoms in total. The fourth-order valence-electron chi connectivity index (χ4n) is 5.31. The predicted molar refractivity (Wildman–Crippen MR) is 99.8 cm³/mol. The van der Waals surface area contributed by atoms with Gasteiger partial charge in [-0.1, -0.05) is 44.0 Å². The molecule has 130 valence electrons. The Morgan fingerprint density at radius 1 is 1.04 bits per heavy atom. The van der Waals surface area contributed by atoms with Crippen LogP contribution in [0.15, 0.2) is 30.3 Å². The summed E-state index contributed by atoms with van der Waals surface area (Å²) >= 11 is 0. The molecule has 2 fully saturated rings. The van der Waals surface area contributed by atoms with Crippen molar-refractivity contribution in [3.05, 3.63) is 47.3 Å². The van der Waals surface area contributed by atoms with Gasteiger partial charge in [0.25, 0.3) is 0 Å². The highest BCUT2D eigenvalue weighted by Gasteiger charge is 2.35. The molecule has 2 aliphatic carbocycles. The van der Waals surface area contributed by atoms with Crippen LogP contribution in [0.4, 0.5) is 4.39 Å². The average molecular weight is 335 g/mol. The van der Waals surface area contributed by atoms with Gasteiger partial charge in [-0.2, -0.15) is 5.26 Å². The Kier molecular flexibility index (Phi) is 4.50. The number of halogens is 1. The normalized spacial score (nSPS) is 29.2. The highest BCUT2D eigenvalue weighted by molar-refractivity contribution is 5.85. The number of rotatable bonds is 2. The third-order valence-electron chi connectivity index (χ3n) is 6.87. The molecule has 0 heterocycles. The smallest absolute Gasteiger partial charge is 0.148 e. The number of nitrogens with zero attached hydrogens (tertiary/aromatic N) is 1. The van der Waals surface area contributed by atoms with Crippen molar-refractivity contribution in [3.63, 3.8) is 0 Å². The molecule has 2 heteroatoms. The summed E-state index contributed by atoms with van der Waals surface area (Å²) in [4.78, 5) is 0. The maximum atomic E-state index is 14.3. The molecule has 0 saturated heterocycles. The van der Waals surface area contributed by atoms with E-state index in [-0.39, 0.29) is 11.4 Å². The highest BCUT2D eigenvalue weighted by atomic mass is 19.1. The van der Waals surface area contributed by atoms with Gasteiger partial charge in [-0.3, -0.25) is 0 Å². The maximum absolute atomic E-state index is 14.3. The predicted octanol–water partition coefficient (Wildman–Crippen LogP) is 6.56. The van der Waals surface area contributed by atoms with Gasteiger partial charge in [0, 0.05) is 5.39 Å². The van der Waals surface area contributed by atoms with Crippen LogP contribution in [0.25, 0.3) is 10.8 Å². The summed E-state index contributed by atoms with van der Waals surface area (Å²) in [6.45, 7) is 2.34. The minimum absolute atomic E-state index is 0.133. The molecule has 0 bridgehead atoms. The van der Waals surface area contributed by atoms with Crippen molar-refractivity contribution in [3.8, 4) is 6.07 Å². The van der Waals surface area contributed by atoms with E-state index in [2.05, 4.69) is 19.1 Å². The van der Waals surface area contributed by atoms with Crippen LogP contribution < -0.4 is 0 Å². The van der Waals surface area contributed by atoms with Gasteiger partial charge in [0.05, 0.1) is 5.56 Å². The van der Waals surface area contributed by atoms with E-state index in [1.807, 2.05) is 18.2 Å². The van der Waals surface area contributed by atoms with Crippen molar-refractivity contribution < 1.29 is 4.39 Å². The van der Waals surface area contributed by atoms with Gasteiger partial charge in [-0.15, -0.1) is 0 Å². The Balaban J connectivity index is 1.56. The van der Waals surface area contributed by atoms with Crippen LogP contribution in [-0.4, -0.2) is 0 Å². The fourth-order valence-corrected chi connectivity index (χ4v) is 5.31. The van der Waals surface area contributed by atoms with E-state index in [1.54, 1.807) is 6.07 Å². The molecule has 25 heavy (non-hydrogen) atoms. The lowest BCUT2D eigenvalue weighted by Crippen LogP contribution is -2.30. The molecule has 0 amide bonds. The molecule has 0 N–H and O–H groups in total. The second kappa shape index (κ2) is 6.79.